The highest BCUT2D eigenvalue weighted by Gasteiger charge is 2.19. The fourth-order valence-electron chi connectivity index (χ4n) is 8.97. The second-order valence-electron chi connectivity index (χ2n) is 21.0. The van der Waals surface area contributed by atoms with E-state index < -0.39 is 6.10 Å². The summed E-state index contributed by atoms with van der Waals surface area (Å²) >= 11 is 0. The maximum Gasteiger partial charge on any atom is 0.306 e. The van der Waals surface area contributed by atoms with Crippen LogP contribution in [0.25, 0.3) is 0 Å². The van der Waals surface area contributed by atoms with Gasteiger partial charge in [0.05, 0.1) is 0 Å². The van der Waals surface area contributed by atoms with Gasteiger partial charge < -0.3 is 14.2 Å². The Morgan fingerprint density at radius 3 is 0.819 bits per heavy atom. The summed E-state index contributed by atoms with van der Waals surface area (Å²) in [6, 6.07) is 0. The van der Waals surface area contributed by atoms with Crippen molar-refractivity contribution in [1.82, 2.24) is 0 Å². The smallest absolute Gasteiger partial charge is 0.306 e. The van der Waals surface area contributed by atoms with Gasteiger partial charge in [-0.1, -0.05) is 255 Å². The van der Waals surface area contributed by atoms with Gasteiger partial charge in [0.1, 0.15) is 13.2 Å². The normalized spacial score (nSPS) is 12.4. The highest BCUT2D eigenvalue weighted by atomic mass is 16.6. The molecule has 0 bridgehead atoms. The van der Waals surface area contributed by atoms with Crippen LogP contribution in [0.1, 0.15) is 323 Å². The molecule has 1 unspecified atom stereocenters. The van der Waals surface area contributed by atoms with Gasteiger partial charge >= 0.3 is 17.9 Å². The van der Waals surface area contributed by atoms with Gasteiger partial charge in [-0.3, -0.25) is 14.4 Å². The maximum absolute atomic E-state index is 12.9. The third kappa shape index (κ3) is 58.0. The molecule has 0 heterocycles. The topological polar surface area (TPSA) is 78.9 Å². The Hall–Kier alpha value is -2.89. The number of allylic oxidation sites excluding steroid dienone is 10. The predicted octanol–water partition coefficient (Wildman–Crippen LogP) is 21.2. The number of ether oxygens (including phenoxy) is 3. The van der Waals surface area contributed by atoms with Crippen molar-refractivity contribution in [2.75, 3.05) is 13.2 Å². The Balaban J connectivity index is 4.39. The van der Waals surface area contributed by atoms with Crippen molar-refractivity contribution in [3.8, 4) is 0 Å². The molecule has 0 aliphatic carbocycles. The molecular weight excluding hydrogens is 889 g/mol. The summed E-state index contributed by atoms with van der Waals surface area (Å²) < 4.78 is 16.9. The standard InChI is InChI=1S/C66H118O6/c1-4-7-10-13-16-19-22-25-28-31-33-36-38-41-44-47-50-53-56-59-65(68)71-62-63(61-70-64(67)58-55-52-49-46-43-40-37-34-30-27-24-21-18-15-12-9-6-3)72-66(69)60-57-54-51-48-45-42-39-35-32-29-26-23-20-17-14-11-8-5-2/h18,20-21,23,25,27-30,32,63H,4-17,19,22,24,26,31,33-62H2,1-3H3/b21-18-,23-20-,28-25-,30-27-,32-29-. The Bertz CT molecular complexity index is 1290. The van der Waals surface area contributed by atoms with E-state index in [9.17, 15) is 14.4 Å². The first-order valence-electron chi connectivity index (χ1n) is 31.3. The van der Waals surface area contributed by atoms with Crippen LogP contribution >= 0.6 is 0 Å². The van der Waals surface area contributed by atoms with Gasteiger partial charge in [0.2, 0.25) is 0 Å². The number of hydrogen-bond donors (Lipinski definition) is 0. The zero-order chi connectivity index (χ0) is 52.2. The molecule has 0 saturated heterocycles. The first-order valence-corrected chi connectivity index (χ1v) is 31.3. The van der Waals surface area contributed by atoms with E-state index in [0.717, 1.165) is 83.5 Å². The summed E-state index contributed by atoms with van der Waals surface area (Å²) in [5.74, 6) is -0.882. The van der Waals surface area contributed by atoms with Crippen LogP contribution in [0, 0.1) is 0 Å². The molecule has 72 heavy (non-hydrogen) atoms. The molecule has 0 aromatic rings. The van der Waals surface area contributed by atoms with Crippen LogP contribution in [0.5, 0.6) is 0 Å². The fraction of sp³-hybridized carbons (Fsp3) is 0.803. The van der Waals surface area contributed by atoms with Gasteiger partial charge in [-0.25, -0.2) is 0 Å². The number of carbonyl (C=O) groups excluding carboxylic acids is 3. The van der Waals surface area contributed by atoms with Crippen molar-refractivity contribution in [2.45, 2.75) is 329 Å². The van der Waals surface area contributed by atoms with E-state index in [-0.39, 0.29) is 31.1 Å². The van der Waals surface area contributed by atoms with E-state index in [1.165, 1.54) is 199 Å². The molecule has 6 nitrogen and oxygen atoms in total. The largest absolute Gasteiger partial charge is 0.462 e. The Labute approximate surface area is 447 Å². The molecule has 0 aromatic heterocycles. The third-order valence-corrected chi connectivity index (χ3v) is 13.7. The van der Waals surface area contributed by atoms with Gasteiger partial charge in [-0.15, -0.1) is 0 Å². The molecule has 0 N–H and O–H groups in total. The third-order valence-electron chi connectivity index (χ3n) is 13.7. The Morgan fingerprint density at radius 2 is 0.500 bits per heavy atom. The molecule has 0 aromatic carbocycles. The summed E-state index contributed by atoms with van der Waals surface area (Å²) in [6.07, 6.45) is 76.4. The molecule has 0 fully saturated rings. The minimum Gasteiger partial charge on any atom is -0.462 e. The lowest BCUT2D eigenvalue weighted by atomic mass is 10.1. The van der Waals surface area contributed by atoms with E-state index in [1.807, 2.05) is 0 Å². The Morgan fingerprint density at radius 1 is 0.278 bits per heavy atom. The van der Waals surface area contributed by atoms with Gasteiger partial charge in [-0.05, 0) is 109 Å². The van der Waals surface area contributed by atoms with Crippen LogP contribution in [0.3, 0.4) is 0 Å². The summed E-state index contributed by atoms with van der Waals surface area (Å²) in [6.45, 7) is 6.62. The van der Waals surface area contributed by atoms with Crippen LogP contribution in [-0.2, 0) is 28.6 Å². The number of carbonyl (C=O) groups is 3. The van der Waals surface area contributed by atoms with Crippen molar-refractivity contribution in [2.24, 2.45) is 0 Å². The molecule has 0 saturated carbocycles. The average molecular weight is 1010 g/mol. The zero-order valence-electron chi connectivity index (χ0n) is 47.9. The lowest BCUT2D eigenvalue weighted by Gasteiger charge is -2.18. The van der Waals surface area contributed by atoms with Crippen molar-refractivity contribution in [3.63, 3.8) is 0 Å². The minimum atomic E-state index is -0.783. The van der Waals surface area contributed by atoms with Crippen molar-refractivity contribution < 1.29 is 28.6 Å². The van der Waals surface area contributed by atoms with Crippen molar-refractivity contribution in [3.05, 3.63) is 60.8 Å². The van der Waals surface area contributed by atoms with Crippen molar-refractivity contribution >= 4 is 17.9 Å². The zero-order valence-corrected chi connectivity index (χ0v) is 47.9. The van der Waals surface area contributed by atoms with E-state index in [1.54, 1.807) is 0 Å². The lowest BCUT2D eigenvalue weighted by Crippen LogP contribution is -2.30. The van der Waals surface area contributed by atoms with E-state index in [0.29, 0.717) is 19.3 Å². The fourth-order valence-corrected chi connectivity index (χ4v) is 8.97. The summed E-state index contributed by atoms with van der Waals surface area (Å²) in [4.78, 5) is 38.3. The van der Waals surface area contributed by atoms with Gasteiger partial charge in [0.15, 0.2) is 6.10 Å². The first kappa shape index (κ1) is 69.1. The average Bonchev–Trinajstić information content (AvgIpc) is 3.38. The van der Waals surface area contributed by atoms with Crippen LogP contribution in [0.2, 0.25) is 0 Å². The monoisotopic (exact) mass is 1010 g/mol. The van der Waals surface area contributed by atoms with Gasteiger partial charge in [0.25, 0.3) is 0 Å². The number of unbranched alkanes of at least 4 members (excludes halogenated alkanes) is 36. The molecule has 0 aliphatic rings. The SMILES string of the molecule is CCCCC/C=C\C/C=C\CCCCCCCCCC(=O)OCC(COC(=O)CCCCCCCCCCC/C=C\CCCCCCCC)OC(=O)CCCCCCCCC/C=C\C/C=C\CCCCCC. The molecule has 418 valence electrons. The highest BCUT2D eigenvalue weighted by Crippen LogP contribution is 2.16. The number of hydrogen-bond acceptors (Lipinski definition) is 6. The number of esters is 3. The summed E-state index contributed by atoms with van der Waals surface area (Å²) in [5, 5.41) is 0. The summed E-state index contributed by atoms with van der Waals surface area (Å²) in [5.41, 5.74) is 0. The molecule has 6 heteroatoms. The molecule has 0 radical (unpaired) electrons. The Kier molecular flexibility index (Phi) is 58.2. The molecule has 1 atom stereocenters. The summed E-state index contributed by atoms with van der Waals surface area (Å²) in [7, 11) is 0. The molecular formula is C66H118O6. The molecule has 0 aliphatic heterocycles. The second kappa shape index (κ2) is 60.7. The van der Waals surface area contributed by atoms with E-state index in [4.69, 9.17) is 14.2 Å². The van der Waals surface area contributed by atoms with Crippen LogP contribution in [-0.4, -0.2) is 37.2 Å². The predicted molar refractivity (Wildman–Crippen MR) is 312 cm³/mol. The second-order valence-corrected chi connectivity index (χ2v) is 21.0. The van der Waals surface area contributed by atoms with Gasteiger partial charge in [0, 0.05) is 19.3 Å². The maximum atomic E-state index is 12.9. The van der Waals surface area contributed by atoms with Crippen LogP contribution < -0.4 is 0 Å². The molecule has 0 rings (SSSR count). The number of rotatable bonds is 57. The molecule has 0 amide bonds. The minimum absolute atomic E-state index is 0.0796. The first-order chi connectivity index (χ1) is 35.5. The quantitative estimate of drug-likeness (QED) is 0.0261. The lowest BCUT2D eigenvalue weighted by molar-refractivity contribution is -0.167. The van der Waals surface area contributed by atoms with Crippen molar-refractivity contribution in [1.29, 1.82) is 0 Å². The van der Waals surface area contributed by atoms with Gasteiger partial charge in [-0.2, -0.15) is 0 Å². The van der Waals surface area contributed by atoms with Crippen LogP contribution in [0.4, 0.5) is 0 Å². The van der Waals surface area contributed by atoms with Crippen LogP contribution in [0.15, 0.2) is 60.8 Å². The molecule has 0 spiro atoms. The van der Waals surface area contributed by atoms with E-state index >= 15 is 0 Å². The van der Waals surface area contributed by atoms with E-state index in [2.05, 4.69) is 81.5 Å². The highest BCUT2D eigenvalue weighted by molar-refractivity contribution is 5.71.